The van der Waals surface area contributed by atoms with Gasteiger partial charge in [-0.3, -0.25) is 20.2 Å². The van der Waals surface area contributed by atoms with Crippen LogP contribution < -0.4 is 10.6 Å². The van der Waals surface area contributed by atoms with E-state index in [0.717, 1.165) is 0 Å². The minimum absolute atomic E-state index is 0.143. The molecule has 0 amide bonds. The van der Waals surface area contributed by atoms with E-state index in [9.17, 15) is 9.59 Å². The first-order valence-electron chi connectivity index (χ1n) is 6.19. The summed E-state index contributed by atoms with van der Waals surface area (Å²) in [5.74, 6) is -0.655. The molecule has 8 heteroatoms. The third-order valence-electron chi connectivity index (χ3n) is 2.06. The molecule has 0 saturated heterocycles. The molecule has 0 aromatic carbocycles. The number of ether oxygens (including phenoxy) is 2. The van der Waals surface area contributed by atoms with Crippen LogP contribution in [0.15, 0.2) is 0 Å². The molecular weight excluding hydrogens is 396 g/mol. The highest BCUT2D eigenvalue weighted by molar-refractivity contribution is 9.10. The summed E-state index contributed by atoms with van der Waals surface area (Å²) in [6.45, 7) is 8.34. The molecule has 6 nitrogen and oxygen atoms in total. The number of carbonyl (C=O) groups is 2. The average Bonchev–Trinajstić information content (AvgIpc) is 2.29. The number of alkyl halides is 2. The Morgan fingerprint density at radius 1 is 0.850 bits per heavy atom. The van der Waals surface area contributed by atoms with Crippen LogP contribution in [-0.4, -0.2) is 47.1 Å². The van der Waals surface area contributed by atoms with Crippen molar-refractivity contribution in [2.24, 2.45) is 0 Å². The summed E-state index contributed by atoms with van der Waals surface area (Å²) in [6, 6.07) is 0. The minimum Gasteiger partial charge on any atom is -0.449 e. The third kappa shape index (κ3) is 9.68. The molecule has 0 rings (SSSR count). The number of esters is 2. The van der Waals surface area contributed by atoms with Gasteiger partial charge in [0.15, 0.2) is 0 Å². The van der Waals surface area contributed by atoms with Gasteiger partial charge in [-0.1, -0.05) is 31.9 Å². The van der Waals surface area contributed by atoms with Crippen molar-refractivity contribution in [2.75, 3.05) is 26.6 Å². The van der Waals surface area contributed by atoms with Gasteiger partial charge >= 0.3 is 11.9 Å². The summed E-state index contributed by atoms with van der Waals surface area (Å²) < 4.78 is 8.61. The molecule has 0 heterocycles. The number of hydrogen-bond donors (Lipinski definition) is 2. The van der Waals surface area contributed by atoms with Crippen LogP contribution in [0.25, 0.3) is 0 Å². The Morgan fingerprint density at radius 3 is 1.40 bits per heavy atom. The average molecular weight is 418 g/mol. The zero-order valence-corrected chi connectivity index (χ0v) is 15.4. The molecule has 118 valence electrons. The van der Waals surface area contributed by atoms with Crippen LogP contribution in [-0.2, 0) is 19.1 Å². The second kappa shape index (κ2) is 8.96. The molecule has 0 aliphatic carbocycles. The van der Waals surface area contributed by atoms with Crippen molar-refractivity contribution in [3.05, 3.63) is 0 Å². The van der Waals surface area contributed by atoms with E-state index in [1.54, 1.807) is 27.7 Å². The Hall–Kier alpha value is -0.180. The van der Waals surface area contributed by atoms with E-state index in [4.69, 9.17) is 9.47 Å². The predicted octanol–water partition coefficient (Wildman–Crippen LogP) is 1.51. The van der Waals surface area contributed by atoms with Crippen molar-refractivity contribution in [1.82, 2.24) is 10.6 Å². The van der Waals surface area contributed by atoms with Gasteiger partial charge in [0, 0.05) is 13.1 Å². The molecule has 0 unspecified atom stereocenters. The Balaban J connectivity index is 3.47. The van der Waals surface area contributed by atoms with Crippen molar-refractivity contribution in [3.8, 4) is 0 Å². The molecule has 0 aliphatic heterocycles. The van der Waals surface area contributed by atoms with Gasteiger partial charge in [0.1, 0.15) is 22.1 Å². The lowest BCUT2D eigenvalue weighted by Gasteiger charge is -2.16. The first kappa shape index (κ1) is 19.8. The number of carbonyl (C=O) groups excluding carboxylic acids is 2. The minimum atomic E-state index is -0.677. The summed E-state index contributed by atoms with van der Waals surface area (Å²) in [6.07, 6.45) is 0. The molecular formula is C12H22Br2N2O4. The van der Waals surface area contributed by atoms with Crippen molar-refractivity contribution < 1.29 is 19.1 Å². The van der Waals surface area contributed by atoms with E-state index < -0.39 is 8.65 Å². The van der Waals surface area contributed by atoms with Crippen LogP contribution in [0.4, 0.5) is 0 Å². The quantitative estimate of drug-likeness (QED) is 0.256. The van der Waals surface area contributed by atoms with Gasteiger partial charge < -0.3 is 9.47 Å². The summed E-state index contributed by atoms with van der Waals surface area (Å²) >= 11 is 6.42. The molecule has 0 radical (unpaired) electrons. The van der Waals surface area contributed by atoms with Gasteiger partial charge in [-0.05, 0) is 27.7 Å². The van der Waals surface area contributed by atoms with Crippen molar-refractivity contribution in [1.29, 1.82) is 0 Å². The Kier molecular flexibility index (Phi) is 8.88. The zero-order chi connectivity index (χ0) is 15.8. The highest BCUT2D eigenvalue weighted by atomic mass is 79.9. The molecule has 0 bridgehead atoms. The maximum absolute atomic E-state index is 11.4. The van der Waals surface area contributed by atoms with Crippen LogP contribution in [0.5, 0.6) is 0 Å². The van der Waals surface area contributed by atoms with Gasteiger partial charge in [-0.25, -0.2) is 0 Å². The molecule has 0 atom stereocenters. The maximum atomic E-state index is 11.4. The van der Waals surface area contributed by atoms with E-state index in [1.165, 1.54) is 0 Å². The van der Waals surface area contributed by atoms with E-state index in [1.807, 2.05) is 0 Å². The van der Waals surface area contributed by atoms with Gasteiger partial charge in [0.2, 0.25) is 0 Å². The topological polar surface area (TPSA) is 76.7 Å². The molecule has 0 saturated carbocycles. The third-order valence-corrected chi connectivity index (χ3v) is 2.71. The van der Waals surface area contributed by atoms with Crippen LogP contribution in [0.2, 0.25) is 0 Å². The lowest BCUT2D eigenvalue weighted by atomic mass is 10.2. The van der Waals surface area contributed by atoms with E-state index in [0.29, 0.717) is 13.1 Å². The molecule has 20 heavy (non-hydrogen) atoms. The van der Waals surface area contributed by atoms with Gasteiger partial charge in [-0.2, -0.15) is 0 Å². The summed E-state index contributed by atoms with van der Waals surface area (Å²) in [4.78, 5) is 22.8. The molecule has 0 aromatic heterocycles. The SMILES string of the molecule is CC(C)(Br)C(=O)OCNCCNCOC(=O)C(C)(C)Br. The fourth-order valence-electron chi connectivity index (χ4n) is 0.898. The monoisotopic (exact) mass is 416 g/mol. The van der Waals surface area contributed by atoms with E-state index >= 15 is 0 Å². The number of hydrogen-bond acceptors (Lipinski definition) is 6. The fourth-order valence-corrected chi connectivity index (χ4v) is 1.13. The molecule has 0 aliphatic rings. The number of rotatable bonds is 9. The molecule has 0 spiro atoms. The second-order valence-corrected chi connectivity index (χ2v) is 9.06. The van der Waals surface area contributed by atoms with E-state index in [-0.39, 0.29) is 25.4 Å². The van der Waals surface area contributed by atoms with Crippen LogP contribution in [0, 0.1) is 0 Å². The van der Waals surface area contributed by atoms with Crippen molar-refractivity contribution >= 4 is 43.8 Å². The summed E-state index contributed by atoms with van der Waals surface area (Å²) in [5, 5.41) is 5.86. The molecule has 0 fully saturated rings. The summed E-state index contributed by atoms with van der Waals surface area (Å²) in [5.41, 5.74) is 0. The number of nitrogens with one attached hydrogen (secondary N) is 2. The van der Waals surface area contributed by atoms with Crippen molar-refractivity contribution in [3.63, 3.8) is 0 Å². The molecule has 2 N–H and O–H groups in total. The smallest absolute Gasteiger partial charge is 0.323 e. The normalized spacial score (nSPS) is 12.1. The molecule has 0 aromatic rings. The standard InChI is InChI=1S/C12H22Br2N2O4/c1-11(2,13)9(17)19-7-15-5-6-16-8-20-10(18)12(3,4)14/h15-16H,5-8H2,1-4H3. The van der Waals surface area contributed by atoms with Crippen LogP contribution in [0.1, 0.15) is 27.7 Å². The van der Waals surface area contributed by atoms with Gasteiger partial charge in [-0.15, -0.1) is 0 Å². The highest BCUT2D eigenvalue weighted by Gasteiger charge is 2.25. The van der Waals surface area contributed by atoms with Crippen LogP contribution in [0.3, 0.4) is 0 Å². The van der Waals surface area contributed by atoms with Gasteiger partial charge in [0.05, 0.1) is 0 Å². The first-order chi connectivity index (χ1) is 9.05. The largest absolute Gasteiger partial charge is 0.449 e. The lowest BCUT2D eigenvalue weighted by molar-refractivity contribution is -0.147. The van der Waals surface area contributed by atoms with Crippen molar-refractivity contribution in [2.45, 2.75) is 36.3 Å². The Bertz CT molecular complexity index is 292. The first-order valence-corrected chi connectivity index (χ1v) is 7.77. The maximum Gasteiger partial charge on any atom is 0.323 e. The predicted molar refractivity (Wildman–Crippen MR) is 83.9 cm³/mol. The lowest BCUT2D eigenvalue weighted by Crippen LogP contribution is -2.35. The Morgan fingerprint density at radius 2 is 1.15 bits per heavy atom. The summed E-state index contributed by atoms with van der Waals surface area (Å²) in [7, 11) is 0. The zero-order valence-electron chi connectivity index (χ0n) is 12.2. The Labute approximate surface area is 136 Å². The highest BCUT2D eigenvalue weighted by Crippen LogP contribution is 2.17. The fraction of sp³-hybridized carbons (Fsp3) is 0.833. The number of halogens is 2. The second-order valence-electron chi connectivity index (χ2n) is 5.10. The van der Waals surface area contributed by atoms with E-state index in [2.05, 4.69) is 42.5 Å². The van der Waals surface area contributed by atoms with Gasteiger partial charge in [0.25, 0.3) is 0 Å². The van der Waals surface area contributed by atoms with Crippen LogP contribution >= 0.6 is 31.9 Å².